The molecular formula is C28H25BiN5O+. The maximum atomic E-state index is 5.77. The van der Waals surface area contributed by atoms with E-state index in [-0.39, 0.29) is 0 Å². The summed E-state index contributed by atoms with van der Waals surface area (Å²) in [7, 11) is 6.00. The molecule has 7 rings (SSSR count). The van der Waals surface area contributed by atoms with Crippen LogP contribution in [0.15, 0.2) is 66.9 Å². The van der Waals surface area contributed by atoms with Crippen LogP contribution in [-0.2, 0) is 14.1 Å². The van der Waals surface area contributed by atoms with E-state index < -0.39 is 0 Å². The molecule has 0 atom stereocenters. The van der Waals surface area contributed by atoms with Crippen molar-refractivity contribution in [1.82, 2.24) is 18.5 Å². The van der Waals surface area contributed by atoms with Crippen molar-refractivity contribution < 1.29 is 9.30 Å². The monoisotopic (exact) mass is 656 g/mol. The summed E-state index contributed by atoms with van der Waals surface area (Å²) < 4.78 is 16.3. The van der Waals surface area contributed by atoms with E-state index in [9.17, 15) is 0 Å². The van der Waals surface area contributed by atoms with Crippen LogP contribution in [0.5, 0.6) is 5.75 Å². The number of ether oxygens (including phenoxy) is 1. The zero-order chi connectivity index (χ0) is 24.0. The van der Waals surface area contributed by atoms with E-state index >= 15 is 0 Å². The SMILES string of the molecule is COc1ccc2c(c1C)n(-c1c3c4ccccc4n(C)c3cc[n+]1C)c1nc3[c]([BiH2])cccc3n21. The molecular weight excluding hydrogens is 631 g/mol. The molecule has 0 aliphatic carbocycles. The van der Waals surface area contributed by atoms with Crippen LogP contribution in [0.3, 0.4) is 0 Å². The molecule has 0 fully saturated rings. The van der Waals surface area contributed by atoms with E-state index in [4.69, 9.17) is 9.72 Å². The van der Waals surface area contributed by atoms with Crippen LogP contribution in [-0.4, -0.2) is 50.3 Å². The van der Waals surface area contributed by atoms with Crippen LogP contribution >= 0.6 is 0 Å². The molecule has 0 aliphatic rings. The number of aryl methyl sites for hydroxylation is 3. The van der Waals surface area contributed by atoms with Gasteiger partial charge in [0.1, 0.15) is 0 Å². The van der Waals surface area contributed by atoms with Gasteiger partial charge in [-0.05, 0) is 0 Å². The van der Waals surface area contributed by atoms with Crippen molar-refractivity contribution in [1.29, 1.82) is 0 Å². The second-order valence-electron chi connectivity index (χ2n) is 9.14. The first kappa shape index (κ1) is 20.9. The molecule has 3 aromatic carbocycles. The summed E-state index contributed by atoms with van der Waals surface area (Å²) in [5.41, 5.74) is 8.02. The van der Waals surface area contributed by atoms with Crippen molar-refractivity contribution in [2.45, 2.75) is 6.92 Å². The molecule has 0 saturated heterocycles. The minimum atomic E-state index is 0.711. The quantitative estimate of drug-likeness (QED) is 0.212. The van der Waals surface area contributed by atoms with E-state index in [1.807, 2.05) is 0 Å². The third-order valence-corrected chi connectivity index (χ3v) is 9.13. The van der Waals surface area contributed by atoms with Gasteiger partial charge in [-0.15, -0.1) is 0 Å². The number of hydrogen-bond donors (Lipinski definition) is 0. The molecule has 0 saturated carbocycles. The van der Waals surface area contributed by atoms with Gasteiger partial charge in [-0.3, -0.25) is 0 Å². The molecule has 0 radical (unpaired) electrons. The van der Waals surface area contributed by atoms with Crippen molar-refractivity contribution in [2.24, 2.45) is 14.1 Å². The van der Waals surface area contributed by atoms with Crippen molar-refractivity contribution in [2.75, 3.05) is 7.11 Å². The second-order valence-corrected chi connectivity index (χ2v) is 11.6. The summed E-state index contributed by atoms with van der Waals surface area (Å²) >= 11 is 0.711. The predicted octanol–water partition coefficient (Wildman–Crippen LogP) is 3.48. The van der Waals surface area contributed by atoms with Crippen LogP contribution < -0.4 is 12.6 Å². The number of fused-ring (bicyclic) bond motifs is 8. The van der Waals surface area contributed by atoms with E-state index in [2.05, 4.69) is 106 Å². The number of benzene rings is 3. The third kappa shape index (κ3) is 2.62. The van der Waals surface area contributed by atoms with Gasteiger partial charge in [0, 0.05) is 0 Å². The van der Waals surface area contributed by atoms with Gasteiger partial charge in [0.15, 0.2) is 0 Å². The first-order chi connectivity index (χ1) is 17.0. The number of methoxy groups -OCH3 is 1. The summed E-state index contributed by atoms with van der Waals surface area (Å²) in [5.74, 6) is 2.90. The molecule has 0 bridgehead atoms. The fraction of sp³-hybridized carbons (Fsp3) is 0.143. The number of imidazole rings is 2. The topological polar surface area (TPSA) is 40.3 Å². The van der Waals surface area contributed by atoms with Gasteiger partial charge in [0.05, 0.1) is 0 Å². The van der Waals surface area contributed by atoms with Crippen molar-refractivity contribution in [3.63, 3.8) is 0 Å². The van der Waals surface area contributed by atoms with Gasteiger partial charge in [-0.2, -0.15) is 0 Å². The Morgan fingerprint density at radius 2 is 1.71 bits per heavy atom. The van der Waals surface area contributed by atoms with Gasteiger partial charge < -0.3 is 0 Å². The average Bonchev–Trinajstić information content (AvgIpc) is 3.49. The second kappa shape index (κ2) is 7.28. The molecule has 0 spiro atoms. The Morgan fingerprint density at radius 3 is 2.54 bits per heavy atom. The summed E-state index contributed by atoms with van der Waals surface area (Å²) in [6.45, 7) is 2.14. The molecule has 4 heterocycles. The number of pyridine rings is 1. The summed E-state index contributed by atoms with van der Waals surface area (Å²) in [6, 6.07) is 21.6. The fourth-order valence-electron chi connectivity index (χ4n) is 5.69. The third-order valence-electron chi connectivity index (χ3n) is 7.32. The Hall–Kier alpha value is -3.44. The van der Waals surface area contributed by atoms with Crippen molar-refractivity contribution in [3.8, 4) is 11.6 Å². The van der Waals surface area contributed by atoms with Gasteiger partial charge in [0.25, 0.3) is 0 Å². The minimum absolute atomic E-state index is 0.711. The molecule has 0 N–H and O–H groups in total. The Bertz CT molecular complexity index is 1990. The summed E-state index contributed by atoms with van der Waals surface area (Å²) in [4.78, 5) is 5.27. The summed E-state index contributed by atoms with van der Waals surface area (Å²) in [6.07, 6.45) is 2.15. The van der Waals surface area contributed by atoms with Gasteiger partial charge in [0.2, 0.25) is 0 Å². The molecule has 0 aliphatic heterocycles. The zero-order valence-corrected chi connectivity index (χ0v) is 24.6. The molecule has 0 amide bonds. The van der Waals surface area contributed by atoms with Crippen LogP contribution in [0.2, 0.25) is 0 Å². The Morgan fingerprint density at radius 1 is 0.914 bits per heavy atom. The van der Waals surface area contributed by atoms with Gasteiger partial charge in [-0.1, -0.05) is 0 Å². The molecule has 7 heteroatoms. The molecule has 172 valence electrons. The molecule has 7 aromatic rings. The van der Waals surface area contributed by atoms with Crippen LogP contribution in [0, 0.1) is 6.92 Å². The van der Waals surface area contributed by atoms with E-state index in [1.54, 1.807) is 7.11 Å². The molecule has 4 aromatic heterocycles. The maximum absolute atomic E-state index is 5.77. The Balaban J connectivity index is 1.80. The summed E-state index contributed by atoms with van der Waals surface area (Å²) in [5, 5.41) is 2.45. The molecule has 0 unspecified atom stereocenters. The van der Waals surface area contributed by atoms with E-state index in [1.165, 1.54) is 25.1 Å². The van der Waals surface area contributed by atoms with Crippen LogP contribution in [0.4, 0.5) is 0 Å². The molecule has 35 heavy (non-hydrogen) atoms. The molecule has 6 nitrogen and oxygen atoms in total. The first-order valence-electron chi connectivity index (χ1n) is 11.6. The Labute approximate surface area is 216 Å². The average molecular weight is 657 g/mol. The predicted molar refractivity (Wildman–Crippen MR) is 144 cm³/mol. The fourth-order valence-corrected chi connectivity index (χ4v) is 6.95. The first-order valence-corrected chi connectivity index (χ1v) is 13.9. The van der Waals surface area contributed by atoms with Gasteiger partial charge in [-0.25, -0.2) is 0 Å². The van der Waals surface area contributed by atoms with Gasteiger partial charge >= 0.3 is 218 Å². The van der Waals surface area contributed by atoms with Crippen molar-refractivity contribution >= 4 is 77.6 Å². The normalized spacial score (nSPS) is 12.1. The number of rotatable bonds is 2. The number of nitrogens with zero attached hydrogens (tertiary/aromatic N) is 5. The van der Waals surface area contributed by atoms with Crippen LogP contribution in [0.25, 0.3) is 55.5 Å². The van der Waals surface area contributed by atoms with Crippen LogP contribution in [0.1, 0.15) is 5.56 Å². The standard InChI is InChI=1S/C28H23N5O.Bi.2H/c1-17-24(34-4)14-13-23-26(17)33(28-29-19-10-6-8-12-21(19)32(23)28)27-25-18-9-5-7-11-20(18)31(3)22(25)15-16-30(27)2;;;/h5-9,11-16H,1-4H3;;;/q+1;;;. The Kier molecular flexibility index (Phi) is 4.35. The van der Waals surface area contributed by atoms with Crippen molar-refractivity contribution in [3.05, 3.63) is 72.4 Å². The zero-order valence-electron chi connectivity index (χ0n) is 20.1. The van der Waals surface area contributed by atoms with E-state index in [0.29, 0.717) is 24.7 Å². The number of hydrogen-bond acceptors (Lipinski definition) is 2. The van der Waals surface area contributed by atoms with E-state index in [0.717, 1.165) is 45.0 Å². The number of para-hydroxylation sites is 2. The number of aromatic nitrogens is 5.